The van der Waals surface area contributed by atoms with Crippen molar-refractivity contribution in [1.82, 2.24) is 29.7 Å². The molecule has 1 fully saturated rings. The van der Waals surface area contributed by atoms with Crippen molar-refractivity contribution in [3.8, 4) is 11.6 Å². The Morgan fingerprint density at radius 3 is 2.64 bits per heavy atom. The number of nitrogens with one attached hydrogen (secondary N) is 2. The van der Waals surface area contributed by atoms with E-state index in [1.807, 2.05) is 18.9 Å². The number of carbonyl (C=O) groups excluding carboxylic acids is 2. The molecule has 2 aliphatic heterocycles. The van der Waals surface area contributed by atoms with E-state index in [2.05, 4.69) is 30.2 Å². The largest absolute Gasteiger partial charge is 0.435 e. The number of aromatic nitrogens is 3. The van der Waals surface area contributed by atoms with Crippen LogP contribution in [0.2, 0.25) is 0 Å². The molecule has 0 bridgehead atoms. The van der Waals surface area contributed by atoms with Crippen molar-refractivity contribution in [2.75, 3.05) is 52.6 Å². The fourth-order valence-electron chi connectivity index (χ4n) is 4.58. The Labute approximate surface area is 225 Å². The lowest BCUT2D eigenvalue weighted by Crippen LogP contribution is -2.49. The molecule has 3 aromatic rings. The Balaban J connectivity index is 1.37. The summed E-state index contributed by atoms with van der Waals surface area (Å²) < 4.78 is 21.1. The maximum absolute atomic E-state index is 15.2. The molecule has 0 spiro atoms. The molecule has 1 unspecified atom stereocenters. The third kappa shape index (κ3) is 5.46. The average molecular weight is 535 g/mol. The van der Waals surface area contributed by atoms with Gasteiger partial charge >= 0.3 is 0 Å². The summed E-state index contributed by atoms with van der Waals surface area (Å²) >= 11 is 0. The first-order valence-corrected chi connectivity index (χ1v) is 12.7. The van der Waals surface area contributed by atoms with Crippen molar-refractivity contribution in [2.24, 2.45) is 10.9 Å². The molecule has 11 nitrogen and oxygen atoms in total. The first kappa shape index (κ1) is 26.3. The van der Waals surface area contributed by atoms with Gasteiger partial charge in [0.25, 0.3) is 5.91 Å². The molecule has 0 saturated carbocycles. The van der Waals surface area contributed by atoms with Gasteiger partial charge in [-0.2, -0.15) is 0 Å². The van der Waals surface area contributed by atoms with Crippen molar-refractivity contribution >= 4 is 34.7 Å². The van der Waals surface area contributed by atoms with Crippen molar-refractivity contribution in [1.29, 1.82) is 0 Å². The molecular weight excluding hydrogens is 503 g/mol. The summed E-state index contributed by atoms with van der Waals surface area (Å²) in [5, 5.41) is 3.43. The Kier molecular flexibility index (Phi) is 7.29. The minimum absolute atomic E-state index is 0.0268. The number of H-pyrrole nitrogens is 1. The number of aromatic amines is 1. The van der Waals surface area contributed by atoms with Gasteiger partial charge in [0.15, 0.2) is 17.4 Å². The molecule has 1 atom stereocenters. The standard InChI is InChI=1S/C27H31FN8O3/c1-16-13-18-19(32-16)6-7-20(23(18)28)39-25-22(27(38)34(2)3)24(30-15-31-25)33-21-8-5-17(14-29-21)26(37)36-11-9-35(4)10-12-36/h6-8,13-15,17,32H,5,9-12H2,1-4H3,(H,30,31,33). The number of hydrogen-bond donors (Lipinski definition) is 2. The second-order valence-corrected chi connectivity index (χ2v) is 9.96. The van der Waals surface area contributed by atoms with Crippen molar-refractivity contribution < 1.29 is 18.7 Å². The molecule has 2 aromatic heterocycles. The van der Waals surface area contributed by atoms with E-state index >= 15 is 4.39 Å². The van der Waals surface area contributed by atoms with Crippen LogP contribution in [0, 0.1) is 18.7 Å². The molecule has 12 heteroatoms. The molecule has 0 aliphatic carbocycles. The number of allylic oxidation sites excluding steroid dienone is 1. The van der Waals surface area contributed by atoms with E-state index in [0.717, 1.165) is 18.8 Å². The van der Waals surface area contributed by atoms with Crippen LogP contribution in [0.15, 0.2) is 41.4 Å². The number of aliphatic imine (C=N–C) groups is 1. The van der Waals surface area contributed by atoms with E-state index in [0.29, 0.717) is 36.2 Å². The number of hydrogen-bond acceptors (Lipinski definition) is 8. The first-order valence-electron chi connectivity index (χ1n) is 12.7. The highest BCUT2D eigenvalue weighted by Gasteiger charge is 2.28. The van der Waals surface area contributed by atoms with Crippen molar-refractivity contribution in [3.05, 3.63) is 53.5 Å². The first-order chi connectivity index (χ1) is 18.7. The van der Waals surface area contributed by atoms with Crippen LogP contribution in [0.3, 0.4) is 0 Å². The van der Waals surface area contributed by atoms with Crippen LogP contribution >= 0.6 is 0 Å². The molecule has 4 heterocycles. The number of fused-ring (bicyclic) bond motifs is 1. The molecule has 39 heavy (non-hydrogen) atoms. The molecule has 204 valence electrons. The van der Waals surface area contributed by atoms with Crippen molar-refractivity contribution in [3.63, 3.8) is 0 Å². The lowest BCUT2D eigenvalue weighted by molar-refractivity contribution is -0.134. The molecule has 2 amide bonds. The summed E-state index contributed by atoms with van der Waals surface area (Å²) in [6.07, 6.45) is 5.11. The van der Waals surface area contributed by atoms with Gasteiger partial charge in [0.1, 0.15) is 17.7 Å². The topological polar surface area (TPSA) is 119 Å². The van der Waals surface area contributed by atoms with Crippen molar-refractivity contribution in [2.45, 2.75) is 13.3 Å². The summed E-state index contributed by atoms with van der Waals surface area (Å²) in [6, 6.07) is 4.87. The lowest BCUT2D eigenvalue weighted by Gasteiger charge is -2.34. The zero-order chi connectivity index (χ0) is 27.7. The normalized spacial score (nSPS) is 17.7. The van der Waals surface area contributed by atoms with Gasteiger partial charge < -0.3 is 29.7 Å². The third-order valence-electron chi connectivity index (χ3n) is 6.81. The quantitative estimate of drug-likeness (QED) is 0.499. The Morgan fingerprint density at radius 2 is 1.95 bits per heavy atom. The smallest absolute Gasteiger partial charge is 0.262 e. The summed E-state index contributed by atoms with van der Waals surface area (Å²) in [6.45, 7) is 4.93. The van der Waals surface area contributed by atoms with Crippen LogP contribution in [0.5, 0.6) is 11.6 Å². The average Bonchev–Trinajstić information content (AvgIpc) is 3.31. The lowest BCUT2D eigenvalue weighted by atomic mass is 10.0. The highest BCUT2D eigenvalue weighted by molar-refractivity contribution is 6.01. The Hall–Kier alpha value is -4.32. The predicted molar refractivity (Wildman–Crippen MR) is 145 cm³/mol. The predicted octanol–water partition coefficient (Wildman–Crippen LogP) is 3.02. The number of carbonyl (C=O) groups is 2. The van der Waals surface area contributed by atoms with E-state index in [1.165, 1.54) is 17.3 Å². The zero-order valence-electron chi connectivity index (χ0n) is 22.4. The number of amides is 2. The van der Waals surface area contributed by atoms with Crippen LogP contribution < -0.4 is 10.1 Å². The molecular formula is C27H31FN8O3. The Morgan fingerprint density at radius 1 is 1.18 bits per heavy atom. The number of piperazine rings is 1. The zero-order valence-corrected chi connectivity index (χ0v) is 22.4. The van der Waals surface area contributed by atoms with Gasteiger partial charge in [0, 0.05) is 63.1 Å². The molecule has 2 aliphatic rings. The molecule has 2 N–H and O–H groups in total. The van der Waals surface area contributed by atoms with Gasteiger partial charge in [-0.1, -0.05) is 0 Å². The summed E-state index contributed by atoms with van der Waals surface area (Å²) in [5.74, 6) is -0.866. The summed E-state index contributed by atoms with van der Waals surface area (Å²) in [5.41, 5.74) is 1.48. The second-order valence-electron chi connectivity index (χ2n) is 9.96. The fourth-order valence-corrected chi connectivity index (χ4v) is 4.58. The van der Waals surface area contributed by atoms with Gasteiger partial charge in [-0.3, -0.25) is 9.59 Å². The van der Waals surface area contributed by atoms with E-state index in [1.54, 1.807) is 38.5 Å². The minimum Gasteiger partial charge on any atom is -0.435 e. The molecule has 0 radical (unpaired) electrons. The summed E-state index contributed by atoms with van der Waals surface area (Å²) in [7, 11) is 5.22. The van der Waals surface area contributed by atoms with E-state index < -0.39 is 11.7 Å². The number of ether oxygens (including phenoxy) is 1. The van der Waals surface area contributed by atoms with Crippen LogP contribution in [-0.4, -0.2) is 95.0 Å². The third-order valence-corrected chi connectivity index (χ3v) is 6.81. The van der Waals surface area contributed by atoms with Gasteiger partial charge in [-0.15, -0.1) is 0 Å². The van der Waals surface area contributed by atoms with Crippen LogP contribution in [0.1, 0.15) is 22.5 Å². The van der Waals surface area contributed by atoms with E-state index in [-0.39, 0.29) is 34.8 Å². The highest BCUT2D eigenvalue weighted by Crippen LogP contribution is 2.33. The monoisotopic (exact) mass is 534 g/mol. The van der Waals surface area contributed by atoms with Gasteiger partial charge in [-0.25, -0.2) is 19.4 Å². The maximum Gasteiger partial charge on any atom is 0.262 e. The van der Waals surface area contributed by atoms with Crippen LogP contribution in [0.4, 0.5) is 10.2 Å². The SMILES string of the molecule is Cc1cc2c(F)c(Oc3ncnc(NC4=CCC(C(=O)N5CCN(C)CC5)C=N4)c3C(=O)N(C)C)ccc2[nH]1. The highest BCUT2D eigenvalue weighted by atomic mass is 19.1. The van der Waals surface area contributed by atoms with Crippen LogP contribution in [0.25, 0.3) is 10.9 Å². The maximum atomic E-state index is 15.2. The second kappa shape index (κ2) is 10.8. The van der Waals surface area contributed by atoms with Crippen LogP contribution in [-0.2, 0) is 4.79 Å². The Bertz CT molecular complexity index is 1470. The van der Waals surface area contributed by atoms with E-state index in [4.69, 9.17) is 4.74 Å². The minimum atomic E-state index is -0.566. The van der Waals surface area contributed by atoms with E-state index in [9.17, 15) is 9.59 Å². The number of halogens is 1. The number of rotatable bonds is 6. The molecule has 1 saturated heterocycles. The van der Waals surface area contributed by atoms with Gasteiger partial charge in [0.2, 0.25) is 11.8 Å². The summed E-state index contributed by atoms with van der Waals surface area (Å²) in [4.78, 5) is 47.4. The molecule has 5 rings (SSSR count). The number of benzene rings is 1. The fraction of sp³-hybridized carbons (Fsp3) is 0.370. The number of likely N-dealkylation sites (N-methyl/N-ethyl adjacent to an activating group) is 1. The number of aryl methyl sites for hydroxylation is 1. The van der Waals surface area contributed by atoms with Gasteiger partial charge in [-0.05, 0) is 44.7 Å². The van der Waals surface area contributed by atoms with Gasteiger partial charge in [0.05, 0.1) is 5.92 Å². The number of anilines is 1. The number of nitrogens with zero attached hydrogens (tertiary/aromatic N) is 6. The molecule has 1 aromatic carbocycles.